The molecule has 4 rings (SSSR count). The van der Waals surface area contributed by atoms with Gasteiger partial charge < -0.3 is 4.98 Å². The van der Waals surface area contributed by atoms with Crippen LogP contribution in [0.15, 0.2) is 59.6 Å². The van der Waals surface area contributed by atoms with Crippen LogP contribution in [-0.2, 0) is 16.2 Å². The van der Waals surface area contributed by atoms with Gasteiger partial charge in [-0.3, -0.25) is 0 Å². The van der Waals surface area contributed by atoms with Gasteiger partial charge in [-0.1, -0.05) is 12.1 Å². The molecule has 0 atom stereocenters. The first kappa shape index (κ1) is 19.2. The fourth-order valence-corrected chi connectivity index (χ4v) is 4.00. The number of sulfonamides is 1. The number of rotatable bonds is 3. The molecule has 0 radical (unpaired) electrons. The maximum Gasteiger partial charge on any atom is 0.435 e. The van der Waals surface area contributed by atoms with Crippen LogP contribution in [0.2, 0.25) is 0 Å². The van der Waals surface area contributed by atoms with Crippen molar-refractivity contribution in [2.75, 3.05) is 0 Å². The van der Waals surface area contributed by atoms with E-state index in [0.29, 0.717) is 5.56 Å². The number of nitrogens with zero attached hydrogens (tertiary/aromatic N) is 2. The van der Waals surface area contributed by atoms with E-state index in [-0.39, 0.29) is 16.3 Å². The molecule has 0 amide bonds. The normalized spacial score (nSPS) is 12.6. The number of hydrogen-bond donors (Lipinski definition) is 2. The van der Waals surface area contributed by atoms with Crippen LogP contribution in [0.5, 0.6) is 0 Å². The largest absolute Gasteiger partial charge is 0.435 e. The summed E-state index contributed by atoms with van der Waals surface area (Å²) in [6, 6.07) is 11.7. The molecule has 0 aliphatic heterocycles. The minimum Gasteiger partial charge on any atom is -0.361 e. The molecule has 4 aromatic rings. The zero-order chi connectivity index (χ0) is 21.0. The van der Waals surface area contributed by atoms with Gasteiger partial charge in [0.2, 0.25) is 10.0 Å². The van der Waals surface area contributed by atoms with E-state index in [1.807, 2.05) is 6.92 Å². The van der Waals surface area contributed by atoms with Gasteiger partial charge in [-0.05, 0) is 48.9 Å². The summed E-state index contributed by atoms with van der Waals surface area (Å²) in [6.45, 7) is 1.83. The van der Waals surface area contributed by atoms with E-state index >= 15 is 0 Å². The molecule has 150 valence electrons. The summed E-state index contributed by atoms with van der Waals surface area (Å²) >= 11 is 0. The van der Waals surface area contributed by atoms with Gasteiger partial charge >= 0.3 is 6.18 Å². The number of nitrogens with two attached hydrogens (primary N) is 1. The molecule has 3 N–H and O–H groups in total. The van der Waals surface area contributed by atoms with Gasteiger partial charge in [-0.25, -0.2) is 18.2 Å². The third kappa shape index (κ3) is 3.40. The Morgan fingerprint density at radius 1 is 1.10 bits per heavy atom. The monoisotopic (exact) mass is 420 g/mol. The third-order valence-electron chi connectivity index (χ3n) is 4.55. The molecule has 6 nitrogen and oxygen atoms in total. The van der Waals surface area contributed by atoms with Crippen LogP contribution in [0.4, 0.5) is 13.2 Å². The Kier molecular flexibility index (Phi) is 4.28. The molecule has 0 spiro atoms. The van der Waals surface area contributed by atoms with Crippen LogP contribution in [0.1, 0.15) is 11.3 Å². The van der Waals surface area contributed by atoms with Gasteiger partial charge in [-0.2, -0.15) is 18.3 Å². The molecule has 0 aliphatic rings. The van der Waals surface area contributed by atoms with Gasteiger partial charge in [0, 0.05) is 22.7 Å². The quantitative estimate of drug-likeness (QED) is 0.525. The minimum atomic E-state index is -4.70. The summed E-state index contributed by atoms with van der Waals surface area (Å²) in [5.41, 5.74) is 1.04. The Labute approximate surface area is 163 Å². The third-order valence-corrected chi connectivity index (χ3v) is 5.51. The summed E-state index contributed by atoms with van der Waals surface area (Å²) in [6.07, 6.45) is -2.97. The van der Waals surface area contributed by atoms with Crippen molar-refractivity contribution in [3.05, 3.63) is 66.0 Å². The van der Waals surface area contributed by atoms with E-state index in [2.05, 4.69) is 10.1 Å². The first-order chi connectivity index (χ1) is 13.6. The Hall–Kier alpha value is -3.11. The van der Waals surface area contributed by atoms with Crippen LogP contribution in [0, 0.1) is 6.92 Å². The van der Waals surface area contributed by atoms with E-state index in [4.69, 9.17) is 5.14 Å². The second-order valence-electron chi connectivity index (χ2n) is 6.57. The number of hydrogen-bond acceptors (Lipinski definition) is 3. The summed E-state index contributed by atoms with van der Waals surface area (Å²) < 4.78 is 65.2. The van der Waals surface area contributed by atoms with Crippen molar-refractivity contribution in [3.63, 3.8) is 0 Å². The molecule has 0 aliphatic carbocycles. The van der Waals surface area contributed by atoms with Crippen LogP contribution in [0.3, 0.4) is 0 Å². The smallest absolute Gasteiger partial charge is 0.361 e. The van der Waals surface area contributed by atoms with Crippen molar-refractivity contribution in [3.8, 4) is 16.9 Å². The minimum absolute atomic E-state index is 0.0627. The lowest BCUT2D eigenvalue weighted by molar-refractivity contribution is -0.141. The highest BCUT2D eigenvalue weighted by Crippen LogP contribution is 2.35. The van der Waals surface area contributed by atoms with Gasteiger partial charge in [0.05, 0.1) is 11.4 Å². The fraction of sp³-hybridized carbons (Fsp3) is 0.105. The number of para-hydroxylation sites is 1. The lowest BCUT2D eigenvalue weighted by Crippen LogP contribution is -2.16. The number of halogens is 3. The molecule has 0 unspecified atom stereocenters. The summed E-state index contributed by atoms with van der Waals surface area (Å²) in [4.78, 5) is 2.75. The molecule has 2 aromatic carbocycles. The number of alkyl halides is 3. The highest BCUT2D eigenvalue weighted by Gasteiger charge is 2.36. The van der Waals surface area contributed by atoms with Crippen LogP contribution >= 0.6 is 0 Å². The molecule has 29 heavy (non-hydrogen) atoms. The molecule has 0 bridgehead atoms. The fourth-order valence-electron chi connectivity index (χ4n) is 3.29. The highest BCUT2D eigenvalue weighted by molar-refractivity contribution is 7.89. The topological polar surface area (TPSA) is 93.8 Å². The second kappa shape index (κ2) is 6.46. The number of primary sulfonamides is 1. The van der Waals surface area contributed by atoms with Crippen molar-refractivity contribution in [2.45, 2.75) is 18.0 Å². The van der Waals surface area contributed by atoms with E-state index in [1.165, 1.54) is 24.3 Å². The van der Waals surface area contributed by atoms with Crippen LogP contribution in [0.25, 0.3) is 27.8 Å². The molecule has 2 heterocycles. The molecular formula is C19H15F3N4O2S. The van der Waals surface area contributed by atoms with Gasteiger partial charge in [-0.15, -0.1) is 0 Å². The molecule has 0 saturated heterocycles. The molecule has 2 aromatic heterocycles. The Morgan fingerprint density at radius 2 is 1.83 bits per heavy atom. The maximum atomic E-state index is 13.4. The van der Waals surface area contributed by atoms with E-state index in [9.17, 15) is 21.6 Å². The van der Waals surface area contributed by atoms with Crippen molar-refractivity contribution >= 4 is 20.9 Å². The van der Waals surface area contributed by atoms with Gasteiger partial charge in [0.1, 0.15) is 4.90 Å². The highest BCUT2D eigenvalue weighted by atomic mass is 32.2. The molecule has 0 fully saturated rings. The predicted molar refractivity (Wildman–Crippen MR) is 102 cm³/mol. The molecular weight excluding hydrogens is 405 g/mol. The zero-order valence-electron chi connectivity index (χ0n) is 15.0. The number of aromatic nitrogens is 3. The van der Waals surface area contributed by atoms with Crippen molar-refractivity contribution in [1.29, 1.82) is 0 Å². The van der Waals surface area contributed by atoms with Gasteiger partial charge in [0.15, 0.2) is 5.69 Å². The number of H-pyrrole nitrogens is 1. The lowest BCUT2D eigenvalue weighted by atomic mass is 10.0. The Morgan fingerprint density at radius 3 is 2.52 bits per heavy atom. The molecule has 0 saturated carbocycles. The second-order valence-corrected chi connectivity index (χ2v) is 8.10. The van der Waals surface area contributed by atoms with E-state index in [1.54, 1.807) is 24.4 Å². The first-order valence-electron chi connectivity index (χ1n) is 8.43. The van der Waals surface area contributed by atoms with Gasteiger partial charge in [0.25, 0.3) is 0 Å². The number of aryl methyl sites for hydroxylation is 1. The standard InChI is InChI=1S/C19H15F3N4O2S/c1-11-8-13(9-12-6-7-24-18(11)12)15-10-17(19(20,21)22)25-26(15)14-4-2-3-5-16(14)29(23,27)28/h2-10,24H,1H3,(H2,23,27,28). The maximum absolute atomic E-state index is 13.4. The van der Waals surface area contributed by atoms with Crippen LogP contribution < -0.4 is 5.14 Å². The van der Waals surface area contributed by atoms with Crippen molar-refractivity contribution < 1.29 is 21.6 Å². The van der Waals surface area contributed by atoms with E-state index < -0.39 is 21.9 Å². The SMILES string of the molecule is Cc1cc(-c2cc(C(F)(F)F)nn2-c2ccccc2S(N)(=O)=O)cc2cc[nH]c12. The van der Waals surface area contributed by atoms with Crippen molar-refractivity contribution in [2.24, 2.45) is 5.14 Å². The van der Waals surface area contributed by atoms with Crippen LogP contribution in [-0.4, -0.2) is 23.2 Å². The summed E-state index contributed by atoms with van der Waals surface area (Å²) in [5, 5.41) is 9.74. The van der Waals surface area contributed by atoms with Crippen molar-refractivity contribution in [1.82, 2.24) is 14.8 Å². The Bertz CT molecular complexity index is 1340. The number of aromatic amines is 1. The number of fused-ring (bicyclic) bond motifs is 1. The predicted octanol–water partition coefficient (Wildman–Crippen LogP) is 4.00. The molecule has 10 heteroatoms. The number of nitrogens with one attached hydrogen (secondary N) is 1. The zero-order valence-corrected chi connectivity index (χ0v) is 15.8. The average Bonchev–Trinajstić information content (AvgIpc) is 3.27. The Balaban J connectivity index is 2.04. The van der Waals surface area contributed by atoms with E-state index in [0.717, 1.165) is 27.2 Å². The average molecular weight is 420 g/mol. The number of benzene rings is 2. The first-order valence-corrected chi connectivity index (χ1v) is 9.98. The summed E-state index contributed by atoms with van der Waals surface area (Å²) in [7, 11) is -4.19. The lowest BCUT2D eigenvalue weighted by Gasteiger charge is -2.12. The summed E-state index contributed by atoms with van der Waals surface area (Å²) in [5.74, 6) is 0.